The number of alkyl halides is 15. The van der Waals surface area contributed by atoms with Crippen molar-refractivity contribution in [3.63, 3.8) is 0 Å². The molecular formula is C23H11F15N2O2. The molecule has 4 nitrogen and oxygen atoms in total. The molecule has 0 aliphatic heterocycles. The summed E-state index contributed by atoms with van der Waals surface area (Å²) in [6.07, 6.45) is -29.1. The minimum Gasteiger partial charge on any atom is -0.456 e. The summed E-state index contributed by atoms with van der Waals surface area (Å²) in [6, 6.07) is 0.873. The summed E-state index contributed by atoms with van der Waals surface area (Å²) in [5.74, 6) is -7.26. The molecule has 3 rings (SSSR count). The van der Waals surface area contributed by atoms with Gasteiger partial charge in [0.25, 0.3) is 0 Å². The smallest absolute Gasteiger partial charge is 0.423 e. The Kier molecular flexibility index (Phi) is 7.90. The molecule has 0 saturated carbocycles. The van der Waals surface area contributed by atoms with Gasteiger partial charge in [0.1, 0.15) is 39.7 Å². The molecule has 19 heteroatoms. The van der Waals surface area contributed by atoms with Crippen molar-refractivity contribution in [1.29, 1.82) is 0 Å². The van der Waals surface area contributed by atoms with Gasteiger partial charge in [-0.15, -0.1) is 0 Å². The van der Waals surface area contributed by atoms with Crippen LogP contribution in [0.25, 0.3) is 0 Å². The number of halogens is 15. The lowest BCUT2D eigenvalue weighted by atomic mass is 10.0. The third kappa shape index (κ3) is 6.81. The van der Waals surface area contributed by atoms with Crippen LogP contribution in [0.15, 0.2) is 42.5 Å². The summed E-state index contributed by atoms with van der Waals surface area (Å²) in [7, 11) is 0. The Balaban J connectivity index is 2.31. The number of nitrogen functional groups attached to an aromatic ring is 2. The maximum atomic E-state index is 14.1. The van der Waals surface area contributed by atoms with Gasteiger partial charge in [-0.1, -0.05) is 6.07 Å². The van der Waals surface area contributed by atoms with Crippen LogP contribution in [0.5, 0.6) is 23.0 Å². The summed E-state index contributed by atoms with van der Waals surface area (Å²) in [6.45, 7) is 0. The molecular weight excluding hydrogens is 621 g/mol. The number of hydrogen-bond acceptors (Lipinski definition) is 4. The van der Waals surface area contributed by atoms with E-state index in [1.54, 1.807) is 0 Å². The van der Waals surface area contributed by atoms with Gasteiger partial charge in [0, 0.05) is 23.5 Å². The van der Waals surface area contributed by atoms with Gasteiger partial charge in [0.05, 0.1) is 11.1 Å². The van der Waals surface area contributed by atoms with Crippen molar-refractivity contribution in [2.75, 3.05) is 11.5 Å². The highest BCUT2D eigenvalue weighted by Crippen LogP contribution is 2.52. The van der Waals surface area contributed by atoms with Crippen LogP contribution in [0.2, 0.25) is 0 Å². The molecule has 0 atom stereocenters. The first-order chi connectivity index (χ1) is 18.8. The van der Waals surface area contributed by atoms with Crippen molar-refractivity contribution >= 4 is 11.4 Å². The van der Waals surface area contributed by atoms with Crippen LogP contribution in [-0.4, -0.2) is 0 Å². The SMILES string of the molecule is Nc1cc(Oc2cccc(Oc3cc(N)cc(C(F)(F)F)c3C(F)(F)F)c2C(F)(F)F)c(C(F)(F)F)c(C(F)(F)F)c1. The molecule has 3 aromatic rings. The predicted molar refractivity (Wildman–Crippen MR) is 113 cm³/mol. The number of rotatable bonds is 4. The topological polar surface area (TPSA) is 70.5 Å². The van der Waals surface area contributed by atoms with Crippen molar-refractivity contribution in [2.45, 2.75) is 30.9 Å². The molecule has 0 spiro atoms. The number of hydrogen-bond donors (Lipinski definition) is 2. The van der Waals surface area contributed by atoms with E-state index in [9.17, 15) is 65.9 Å². The lowest BCUT2D eigenvalue weighted by molar-refractivity contribution is -0.163. The zero-order chi connectivity index (χ0) is 32.2. The molecule has 0 unspecified atom stereocenters. The minimum absolute atomic E-state index is 0.0982. The highest BCUT2D eigenvalue weighted by Gasteiger charge is 2.48. The largest absolute Gasteiger partial charge is 0.456 e. The van der Waals surface area contributed by atoms with E-state index in [2.05, 4.69) is 9.47 Å². The summed E-state index contributed by atoms with van der Waals surface area (Å²) in [4.78, 5) is 0. The van der Waals surface area contributed by atoms with Crippen molar-refractivity contribution < 1.29 is 75.3 Å². The molecule has 0 heterocycles. The van der Waals surface area contributed by atoms with Gasteiger partial charge in [-0.25, -0.2) is 0 Å². The van der Waals surface area contributed by atoms with E-state index in [4.69, 9.17) is 11.5 Å². The van der Waals surface area contributed by atoms with Crippen LogP contribution >= 0.6 is 0 Å². The number of nitrogens with two attached hydrogens (primary N) is 2. The Morgan fingerprint density at radius 3 is 0.976 bits per heavy atom. The molecule has 0 saturated heterocycles. The average Bonchev–Trinajstić information content (AvgIpc) is 2.74. The second kappa shape index (κ2) is 10.3. The Labute approximate surface area is 223 Å². The van der Waals surface area contributed by atoms with Crippen LogP contribution in [0.3, 0.4) is 0 Å². The second-order valence-corrected chi connectivity index (χ2v) is 8.21. The molecule has 42 heavy (non-hydrogen) atoms. The maximum absolute atomic E-state index is 14.1. The van der Waals surface area contributed by atoms with Gasteiger partial charge in [-0.05, 0) is 24.3 Å². The van der Waals surface area contributed by atoms with Gasteiger partial charge in [-0.2, -0.15) is 65.9 Å². The van der Waals surface area contributed by atoms with Crippen molar-refractivity contribution in [3.8, 4) is 23.0 Å². The van der Waals surface area contributed by atoms with E-state index in [1.807, 2.05) is 0 Å². The van der Waals surface area contributed by atoms with Crippen LogP contribution in [0, 0.1) is 0 Å². The highest BCUT2D eigenvalue weighted by atomic mass is 19.4. The van der Waals surface area contributed by atoms with Crippen LogP contribution in [-0.2, 0) is 30.9 Å². The predicted octanol–water partition coefficient (Wildman–Crippen LogP) is 9.53. The van der Waals surface area contributed by atoms with E-state index in [0.717, 1.165) is 0 Å². The summed E-state index contributed by atoms with van der Waals surface area (Å²) >= 11 is 0. The molecule has 0 amide bonds. The molecule has 3 aromatic carbocycles. The third-order valence-electron chi connectivity index (χ3n) is 5.14. The van der Waals surface area contributed by atoms with Crippen molar-refractivity contribution in [3.05, 3.63) is 70.3 Å². The Hall–Kier alpha value is -4.19. The van der Waals surface area contributed by atoms with E-state index in [-0.39, 0.29) is 36.4 Å². The second-order valence-electron chi connectivity index (χ2n) is 8.21. The fourth-order valence-corrected chi connectivity index (χ4v) is 3.66. The van der Waals surface area contributed by atoms with E-state index < -0.39 is 93.1 Å². The quantitative estimate of drug-likeness (QED) is 0.222. The Bertz CT molecular complexity index is 1380. The molecule has 4 N–H and O–H groups in total. The lowest BCUT2D eigenvalue weighted by Gasteiger charge is -2.23. The highest BCUT2D eigenvalue weighted by molar-refractivity contribution is 5.60. The van der Waals surface area contributed by atoms with Crippen molar-refractivity contribution in [1.82, 2.24) is 0 Å². The standard InChI is InChI=1S/C23H11F15N2O2/c24-19(25,26)10-4-8(39)6-14(16(10)21(30,31)32)41-12-2-1-3-13(18(12)23(36,37)38)42-15-7-9(40)5-11(20(27,28)29)17(15)22(33,34)35/h1-7H,39-40H2. The molecule has 0 aliphatic carbocycles. The van der Waals surface area contributed by atoms with Gasteiger partial charge >= 0.3 is 30.9 Å². The van der Waals surface area contributed by atoms with Gasteiger partial charge < -0.3 is 20.9 Å². The summed E-state index contributed by atoms with van der Waals surface area (Å²) in [5.41, 5.74) is -4.10. The minimum atomic E-state index is -5.89. The summed E-state index contributed by atoms with van der Waals surface area (Å²) < 4.78 is 213. The van der Waals surface area contributed by atoms with Gasteiger partial charge in [0.15, 0.2) is 0 Å². The van der Waals surface area contributed by atoms with Crippen LogP contribution in [0.1, 0.15) is 27.8 Å². The van der Waals surface area contributed by atoms with E-state index in [1.165, 1.54) is 0 Å². The first-order valence-corrected chi connectivity index (χ1v) is 10.5. The number of anilines is 2. The zero-order valence-electron chi connectivity index (χ0n) is 19.7. The summed E-state index contributed by atoms with van der Waals surface area (Å²) in [5, 5.41) is 0. The normalized spacial score (nSPS) is 13.3. The molecule has 0 radical (unpaired) electrons. The van der Waals surface area contributed by atoms with E-state index >= 15 is 0 Å². The first kappa shape index (κ1) is 32.3. The average molecular weight is 632 g/mol. The van der Waals surface area contributed by atoms with Gasteiger partial charge in [-0.3, -0.25) is 0 Å². The molecule has 0 aromatic heterocycles. The zero-order valence-corrected chi connectivity index (χ0v) is 19.7. The Morgan fingerprint density at radius 2 is 0.714 bits per heavy atom. The number of benzene rings is 3. The van der Waals surface area contributed by atoms with Crippen molar-refractivity contribution in [2.24, 2.45) is 0 Å². The third-order valence-corrected chi connectivity index (χ3v) is 5.14. The fraction of sp³-hybridized carbons (Fsp3) is 0.217. The fourth-order valence-electron chi connectivity index (χ4n) is 3.66. The van der Waals surface area contributed by atoms with Crippen LogP contribution < -0.4 is 20.9 Å². The molecule has 0 fully saturated rings. The first-order valence-electron chi connectivity index (χ1n) is 10.5. The monoisotopic (exact) mass is 632 g/mol. The molecule has 230 valence electrons. The van der Waals surface area contributed by atoms with E-state index in [0.29, 0.717) is 6.07 Å². The number of ether oxygens (including phenoxy) is 2. The van der Waals surface area contributed by atoms with Gasteiger partial charge in [0.2, 0.25) is 0 Å². The molecule has 0 bridgehead atoms. The Morgan fingerprint density at radius 1 is 0.405 bits per heavy atom. The maximum Gasteiger partial charge on any atom is 0.423 e. The van der Waals surface area contributed by atoms with Crippen LogP contribution in [0.4, 0.5) is 77.2 Å². The molecule has 0 aliphatic rings. The lowest BCUT2D eigenvalue weighted by Crippen LogP contribution is -2.19.